The number of rotatable bonds is 7. The van der Waals surface area contributed by atoms with Crippen LogP contribution in [0.4, 0.5) is 0 Å². The van der Waals surface area contributed by atoms with Crippen molar-refractivity contribution in [1.82, 2.24) is 9.47 Å². The fourth-order valence-electron chi connectivity index (χ4n) is 2.70. The summed E-state index contributed by atoms with van der Waals surface area (Å²) in [6.45, 7) is 11.4. The van der Waals surface area contributed by atoms with Gasteiger partial charge in [-0.1, -0.05) is 6.92 Å². The van der Waals surface area contributed by atoms with Crippen molar-refractivity contribution in [3.63, 3.8) is 0 Å². The lowest BCUT2D eigenvalue weighted by molar-refractivity contribution is 0.0439. The van der Waals surface area contributed by atoms with Crippen LogP contribution in [0.15, 0.2) is 6.07 Å². The van der Waals surface area contributed by atoms with E-state index in [-0.39, 0.29) is 5.78 Å². The van der Waals surface area contributed by atoms with Crippen LogP contribution in [0.1, 0.15) is 48.9 Å². The van der Waals surface area contributed by atoms with Gasteiger partial charge in [-0.2, -0.15) is 0 Å². The topological polar surface area (TPSA) is 45.5 Å². The van der Waals surface area contributed by atoms with E-state index in [1.54, 1.807) is 13.8 Å². The fourth-order valence-corrected chi connectivity index (χ4v) is 2.70. The summed E-state index contributed by atoms with van der Waals surface area (Å²) in [6.07, 6.45) is 1.06. The quantitative estimate of drug-likeness (QED) is 0.780. The van der Waals surface area contributed by atoms with Crippen molar-refractivity contribution in [3.8, 4) is 0 Å². The van der Waals surface area contributed by atoms with E-state index in [0.29, 0.717) is 13.1 Å². The number of aryl methyl sites for hydroxylation is 1. The van der Waals surface area contributed by atoms with E-state index in [4.69, 9.17) is 0 Å². The number of Topliss-reactive ketones (excluding diaryl/α,β-unsaturated/α-hetero) is 1. The van der Waals surface area contributed by atoms with Gasteiger partial charge in [0.05, 0.1) is 12.1 Å². The van der Waals surface area contributed by atoms with Crippen LogP contribution in [0.3, 0.4) is 0 Å². The molecule has 1 heterocycles. The number of nitrogens with zero attached hydrogens (tertiary/aromatic N) is 2. The highest BCUT2D eigenvalue weighted by Gasteiger charge is 2.20. The Kier molecular flexibility index (Phi) is 5.54. The number of hydrogen-bond acceptors (Lipinski definition) is 3. The van der Waals surface area contributed by atoms with Gasteiger partial charge in [0.25, 0.3) is 0 Å². The molecule has 20 heavy (non-hydrogen) atoms. The predicted molar refractivity (Wildman–Crippen MR) is 82.3 cm³/mol. The summed E-state index contributed by atoms with van der Waals surface area (Å²) in [4.78, 5) is 14.3. The molecule has 0 radical (unpaired) electrons. The molecule has 0 atom stereocenters. The van der Waals surface area contributed by atoms with Gasteiger partial charge in [-0.15, -0.1) is 0 Å². The third-order valence-corrected chi connectivity index (χ3v) is 3.39. The lowest BCUT2D eigenvalue weighted by Crippen LogP contribution is -2.38. The van der Waals surface area contributed by atoms with E-state index in [0.717, 1.165) is 29.9 Å². The van der Waals surface area contributed by atoms with Gasteiger partial charge in [-0.05, 0) is 47.2 Å². The first kappa shape index (κ1) is 16.9. The minimum Gasteiger partial charge on any atom is -0.389 e. The second-order valence-electron chi connectivity index (χ2n) is 6.34. The molecular formula is C16H28N2O2. The second-order valence-corrected chi connectivity index (χ2v) is 6.34. The zero-order valence-electron chi connectivity index (χ0n) is 13.7. The Hall–Kier alpha value is -1.13. The molecule has 0 bridgehead atoms. The molecule has 0 saturated heterocycles. The lowest BCUT2D eigenvalue weighted by Gasteiger charge is -2.24. The molecule has 4 heteroatoms. The van der Waals surface area contributed by atoms with E-state index >= 15 is 0 Å². The third kappa shape index (κ3) is 4.46. The minimum atomic E-state index is -0.784. The maximum atomic E-state index is 12.4. The Morgan fingerprint density at radius 2 is 2.00 bits per heavy atom. The average Bonchev–Trinajstić information content (AvgIpc) is 2.54. The highest BCUT2D eigenvalue weighted by atomic mass is 16.3. The summed E-state index contributed by atoms with van der Waals surface area (Å²) in [5.41, 5.74) is 2.20. The molecule has 0 aliphatic rings. The molecule has 1 N–H and O–H groups in total. The van der Waals surface area contributed by atoms with Crippen LogP contribution in [0.25, 0.3) is 0 Å². The monoisotopic (exact) mass is 280 g/mol. The van der Waals surface area contributed by atoms with E-state index < -0.39 is 5.60 Å². The van der Waals surface area contributed by atoms with E-state index in [9.17, 15) is 9.90 Å². The minimum absolute atomic E-state index is 0.118. The van der Waals surface area contributed by atoms with Crippen molar-refractivity contribution in [2.75, 3.05) is 20.1 Å². The summed E-state index contributed by atoms with van der Waals surface area (Å²) in [7, 11) is 1.86. The molecule has 1 aromatic heterocycles. The molecule has 0 unspecified atom stereocenters. The Bertz CT molecular complexity index is 470. The first-order chi connectivity index (χ1) is 9.15. The number of carbonyl (C=O) groups excluding carboxylic acids is 1. The Labute approximate surface area is 122 Å². The Morgan fingerprint density at radius 1 is 1.40 bits per heavy atom. The summed E-state index contributed by atoms with van der Waals surface area (Å²) in [5, 5.41) is 9.79. The van der Waals surface area contributed by atoms with Crippen LogP contribution >= 0.6 is 0 Å². The van der Waals surface area contributed by atoms with Crippen molar-refractivity contribution >= 4 is 5.78 Å². The number of ketones is 1. The van der Waals surface area contributed by atoms with Crippen LogP contribution in [-0.2, 0) is 6.54 Å². The van der Waals surface area contributed by atoms with Gasteiger partial charge in [-0.3, -0.25) is 9.69 Å². The molecule has 0 fully saturated rings. The molecule has 0 amide bonds. The van der Waals surface area contributed by atoms with E-state index in [1.807, 2.05) is 31.9 Å². The molecule has 0 aliphatic heterocycles. The predicted octanol–water partition coefficient (Wildman–Crippen LogP) is 2.40. The zero-order chi connectivity index (χ0) is 15.5. The SMILES string of the molecule is CCCn1c(C)cc(C(=O)CN(C)CC(C)(C)O)c1C. The number of hydrogen-bond donors (Lipinski definition) is 1. The molecule has 0 aliphatic carbocycles. The van der Waals surface area contributed by atoms with Crippen LogP contribution < -0.4 is 0 Å². The van der Waals surface area contributed by atoms with Crippen molar-refractivity contribution < 1.29 is 9.90 Å². The number of carbonyl (C=O) groups is 1. The molecule has 0 aromatic carbocycles. The second kappa shape index (κ2) is 6.55. The van der Waals surface area contributed by atoms with Crippen molar-refractivity contribution in [3.05, 3.63) is 23.0 Å². The summed E-state index contributed by atoms with van der Waals surface area (Å²) in [5.74, 6) is 0.118. The van der Waals surface area contributed by atoms with Crippen LogP contribution in [-0.4, -0.2) is 46.1 Å². The number of likely N-dealkylation sites (N-methyl/N-ethyl adjacent to an activating group) is 1. The van der Waals surface area contributed by atoms with Gasteiger partial charge >= 0.3 is 0 Å². The molecule has 114 valence electrons. The van der Waals surface area contributed by atoms with Gasteiger partial charge < -0.3 is 9.67 Å². The van der Waals surface area contributed by atoms with Gasteiger partial charge in [0.1, 0.15) is 0 Å². The van der Waals surface area contributed by atoms with Crippen molar-refractivity contribution in [1.29, 1.82) is 0 Å². The molecule has 1 aromatic rings. The average molecular weight is 280 g/mol. The smallest absolute Gasteiger partial charge is 0.178 e. The standard InChI is InChI=1S/C16H28N2O2/c1-7-8-18-12(2)9-14(13(18)3)15(19)10-17(6)11-16(4,5)20/h9,20H,7-8,10-11H2,1-6H3. The highest BCUT2D eigenvalue weighted by Crippen LogP contribution is 2.17. The largest absolute Gasteiger partial charge is 0.389 e. The van der Waals surface area contributed by atoms with Crippen LogP contribution in [0.5, 0.6) is 0 Å². The Morgan fingerprint density at radius 3 is 2.50 bits per heavy atom. The highest BCUT2D eigenvalue weighted by molar-refractivity contribution is 5.99. The summed E-state index contributed by atoms with van der Waals surface area (Å²) < 4.78 is 2.20. The van der Waals surface area contributed by atoms with Gasteiger partial charge in [0, 0.05) is 30.0 Å². The van der Waals surface area contributed by atoms with E-state index in [2.05, 4.69) is 11.5 Å². The molecule has 0 spiro atoms. The molecule has 1 rings (SSSR count). The summed E-state index contributed by atoms with van der Waals surface area (Å²) >= 11 is 0. The van der Waals surface area contributed by atoms with Gasteiger partial charge in [-0.25, -0.2) is 0 Å². The van der Waals surface area contributed by atoms with Gasteiger partial charge in [0.15, 0.2) is 5.78 Å². The first-order valence-electron chi connectivity index (χ1n) is 7.26. The summed E-state index contributed by atoms with van der Waals surface area (Å²) in [6, 6.07) is 1.98. The maximum Gasteiger partial charge on any atom is 0.178 e. The third-order valence-electron chi connectivity index (χ3n) is 3.39. The Balaban J connectivity index is 2.80. The van der Waals surface area contributed by atoms with Crippen molar-refractivity contribution in [2.45, 2.75) is 53.2 Å². The lowest BCUT2D eigenvalue weighted by atomic mass is 10.1. The van der Waals surface area contributed by atoms with Crippen LogP contribution in [0, 0.1) is 13.8 Å². The van der Waals surface area contributed by atoms with Crippen molar-refractivity contribution in [2.24, 2.45) is 0 Å². The van der Waals surface area contributed by atoms with Gasteiger partial charge in [0.2, 0.25) is 0 Å². The normalized spacial score (nSPS) is 12.2. The fraction of sp³-hybridized carbons (Fsp3) is 0.688. The molecular weight excluding hydrogens is 252 g/mol. The molecule has 4 nitrogen and oxygen atoms in total. The zero-order valence-corrected chi connectivity index (χ0v) is 13.7. The molecule has 0 saturated carbocycles. The maximum absolute atomic E-state index is 12.4. The van der Waals surface area contributed by atoms with E-state index in [1.165, 1.54) is 0 Å². The first-order valence-corrected chi connectivity index (χ1v) is 7.26. The van der Waals surface area contributed by atoms with Crippen LogP contribution in [0.2, 0.25) is 0 Å². The number of aromatic nitrogens is 1. The number of aliphatic hydroxyl groups is 1.